The van der Waals surface area contributed by atoms with Crippen molar-refractivity contribution in [2.45, 2.75) is 12.3 Å². The monoisotopic (exact) mass is 389 g/mol. The van der Waals surface area contributed by atoms with Gasteiger partial charge in [0.25, 0.3) is 11.8 Å². The number of fused-ring (bicyclic) bond motifs is 1. The molecule has 0 fully saturated rings. The van der Waals surface area contributed by atoms with E-state index in [1.165, 1.54) is 17.0 Å². The molecule has 0 saturated heterocycles. The van der Waals surface area contributed by atoms with Gasteiger partial charge in [0, 0.05) is 12.5 Å². The van der Waals surface area contributed by atoms with Gasteiger partial charge in [0.05, 0.1) is 18.2 Å². The van der Waals surface area contributed by atoms with E-state index in [1.807, 2.05) is 24.3 Å². The topological polar surface area (TPSA) is 46.6 Å². The van der Waals surface area contributed by atoms with E-state index in [-0.39, 0.29) is 30.1 Å². The zero-order valence-electron chi connectivity index (χ0n) is 16.0. The first kappa shape index (κ1) is 18.9. The lowest BCUT2D eigenvalue weighted by Crippen LogP contribution is -2.31. The Balaban J connectivity index is 1.60. The highest BCUT2D eigenvalue weighted by Gasteiger charge is 2.35. The molecule has 1 aliphatic heterocycles. The van der Waals surface area contributed by atoms with E-state index in [0.717, 1.165) is 16.9 Å². The fourth-order valence-corrected chi connectivity index (χ4v) is 3.76. The Morgan fingerprint density at radius 2 is 1.34 bits per heavy atom. The van der Waals surface area contributed by atoms with Gasteiger partial charge in [-0.25, -0.2) is 4.39 Å². The lowest BCUT2D eigenvalue weighted by molar-refractivity contribution is 0.0651. The molecule has 3 aromatic rings. The molecule has 0 saturated carbocycles. The zero-order chi connectivity index (χ0) is 20.4. The van der Waals surface area contributed by atoms with Crippen LogP contribution in [0.3, 0.4) is 0 Å². The van der Waals surface area contributed by atoms with E-state index in [2.05, 4.69) is 0 Å². The summed E-state index contributed by atoms with van der Waals surface area (Å²) in [5.74, 6) is -0.184. The maximum Gasteiger partial charge on any atom is 0.261 e. The Morgan fingerprint density at radius 3 is 1.86 bits per heavy atom. The van der Waals surface area contributed by atoms with Crippen molar-refractivity contribution < 1.29 is 18.7 Å². The van der Waals surface area contributed by atoms with E-state index in [0.29, 0.717) is 17.5 Å². The highest BCUT2D eigenvalue weighted by Crippen LogP contribution is 2.31. The lowest BCUT2D eigenvalue weighted by atomic mass is 9.88. The summed E-state index contributed by atoms with van der Waals surface area (Å²) in [6.45, 7) is 0.278. The first-order chi connectivity index (χ1) is 14.1. The largest absolute Gasteiger partial charge is 0.497 e. The molecule has 0 N–H and O–H groups in total. The number of carbonyl (C=O) groups is 2. The Bertz CT molecular complexity index is 1010. The van der Waals surface area contributed by atoms with Gasteiger partial charge in [-0.2, -0.15) is 0 Å². The molecule has 1 atom stereocenters. The van der Waals surface area contributed by atoms with Crippen molar-refractivity contribution in [3.63, 3.8) is 0 Å². The molecule has 0 spiro atoms. The molecule has 0 unspecified atom stereocenters. The maximum absolute atomic E-state index is 13.4. The van der Waals surface area contributed by atoms with Crippen LogP contribution in [0.1, 0.15) is 44.2 Å². The highest BCUT2D eigenvalue weighted by atomic mass is 19.1. The van der Waals surface area contributed by atoms with E-state index in [4.69, 9.17) is 4.74 Å². The van der Waals surface area contributed by atoms with Gasteiger partial charge in [0.1, 0.15) is 11.6 Å². The molecule has 0 aliphatic carbocycles. The summed E-state index contributed by atoms with van der Waals surface area (Å²) in [7, 11) is 1.61. The summed E-state index contributed by atoms with van der Waals surface area (Å²) in [5.41, 5.74) is 2.82. The van der Waals surface area contributed by atoms with Gasteiger partial charge in [-0.1, -0.05) is 36.4 Å². The Kier molecular flexibility index (Phi) is 5.12. The van der Waals surface area contributed by atoms with Crippen LogP contribution in [0.2, 0.25) is 0 Å². The van der Waals surface area contributed by atoms with Crippen molar-refractivity contribution in [3.8, 4) is 5.75 Å². The second-order valence-corrected chi connectivity index (χ2v) is 6.97. The molecule has 4 nitrogen and oxygen atoms in total. The van der Waals surface area contributed by atoms with Crippen molar-refractivity contribution in [2.24, 2.45) is 0 Å². The standard InChI is InChI=1S/C24H20FNO3/c1-29-19-12-8-17(9-13-19)20(16-6-10-18(25)11-7-16)14-15-26-23(27)21-4-2-3-5-22(21)24(26)28/h2-13,20H,14-15H2,1H3/t20-/m1/s1. The number of amides is 2. The van der Waals surface area contributed by atoms with Crippen LogP contribution < -0.4 is 4.74 Å². The molecule has 1 aliphatic rings. The zero-order valence-corrected chi connectivity index (χ0v) is 16.0. The molecule has 2 amide bonds. The number of carbonyl (C=O) groups excluding carboxylic acids is 2. The number of benzene rings is 3. The number of methoxy groups -OCH3 is 1. The molecule has 0 aromatic heterocycles. The smallest absolute Gasteiger partial charge is 0.261 e. The van der Waals surface area contributed by atoms with Crippen LogP contribution in [0.25, 0.3) is 0 Å². The fourth-order valence-electron chi connectivity index (χ4n) is 3.76. The minimum atomic E-state index is -0.303. The summed E-state index contributed by atoms with van der Waals surface area (Å²) in [4.78, 5) is 26.6. The van der Waals surface area contributed by atoms with Crippen molar-refractivity contribution >= 4 is 11.8 Å². The molecule has 3 aromatic carbocycles. The van der Waals surface area contributed by atoms with Crippen LogP contribution >= 0.6 is 0 Å². The first-order valence-electron chi connectivity index (χ1n) is 9.43. The van der Waals surface area contributed by atoms with E-state index in [9.17, 15) is 14.0 Å². The summed E-state index contributed by atoms with van der Waals surface area (Å²) in [6.07, 6.45) is 0.531. The van der Waals surface area contributed by atoms with Gasteiger partial charge in [0.15, 0.2) is 0 Å². The van der Waals surface area contributed by atoms with Crippen LogP contribution in [-0.4, -0.2) is 30.4 Å². The maximum atomic E-state index is 13.4. The van der Waals surface area contributed by atoms with Crippen molar-refractivity contribution in [2.75, 3.05) is 13.7 Å². The predicted octanol–water partition coefficient (Wildman–Crippen LogP) is 4.65. The van der Waals surface area contributed by atoms with Gasteiger partial charge in [-0.15, -0.1) is 0 Å². The summed E-state index contributed by atoms with van der Waals surface area (Å²) < 4.78 is 18.7. The molecule has 146 valence electrons. The van der Waals surface area contributed by atoms with Gasteiger partial charge >= 0.3 is 0 Å². The molecule has 0 radical (unpaired) electrons. The van der Waals surface area contributed by atoms with Gasteiger partial charge in [-0.05, 0) is 53.9 Å². The number of imide groups is 1. The van der Waals surface area contributed by atoms with Crippen LogP contribution in [-0.2, 0) is 0 Å². The number of halogens is 1. The Hall–Kier alpha value is -3.47. The van der Waals surface area contributed by atoms with Gasteiger partial charge in [0.2, 0.25) is 0 Å². The number of nitrogens with zero attached hydrogens (tertiary/aromatic N) is 1. The van der Waals surface area contributed by atoms with Crippen LogP contribution in [0.5, 0.6) is 5.75 Å². The number of hydrogen-bond donors (Lipinski definition) is 0. The Labute approximate surface area is 168 Å². The third-order valence-electron chi connectivity index (χ3n) is 5.31. The quantitative estimate of drug-likeness (QED) is 0.577. The minimum Gasteiger partial charge on any atom is -0.497 e. The van der Waals surface area contributed by atoms with E-state index >= 15 is 0 Å². The first-order valence-corrected chi connectivity index (χ1v) is 9.43. The minimum absolute atomic E-state index is 0.0918. The number of ether oxygens (including phenoxy) is 1. The lowest BCUT2D eigenvalue weighted by Gasteiger charge is -2.22. The third-order valence-corrected chi connectivity index (χ3v) is 5.31. The molecule has 0 bridgehead atoms. The summed E-state index contributed by atoms with van der Waals surface area (Å²) >= 11 is 0. The van der Waals surface area contributed by atoms with Crippen LogP contribution in [0, 0.1) is 5.82 Å². The summed E-state index contributed by atoms with van der Waals surface area (Å²) in [6, 6.07) is 20.8. The van der Waals surface area contributed by atoms with E-state index < -0.39 is 0 Å². The average Bonchev–Trinajstić information content (AvgIpc) is 3.00. The molecule has 29 heavy (non-hydrogen) atoms. The second kappa shape index (κ2) is 7.87. The van der Waals surface area contributed by atoms with Crippen molar-refractivity contribution in [3.05, 3.63) is 101 Å². The molecule has 4 rings (SSSR count). The summed E-state index contributed by atoms with van der Waals surface area (Å²) in [5, 5.41) is 0. The van der Waals surface area contributed by atoms with Crippen LogP contribution in [0.15, 0.2) is 72.8 Å². The highest BCUT2D eigenvalue weighted by molar-refractivity contribution is 6.21. The predicted molar refractivity (Wildman–Crippen MR) is 108 cm³/mol. The molecule has 1 heterocycles. The van der Waals surface area contributed by atoms with Crippen molar-refractivity contribution in [1.82, 2.24) is 4.90 Å². The van der Waals surface area contributed by atoms with Gasteiger partial charge in [-0.3, -0.25) is 14.5 Å². The van der Waals surface area contributed by atoms with Crippen molar-refractivity contribution in [1.29, 1.82) is 0 Å². The normalized spacial score (nSPS) is 14.1. The second-order valence-electron chi connectivity index (χ2n) is 6.97. The average molecular weight is 389 g/mol. The SMILES string of the molecule is COc1ccc([C@H](CCN2C(=O)c3ccccc3C2=O)c2ccc(F)cc2)cc1. The number of hydrogen-bond acceptors (Lipinski definition) is 3. The van der Waals surface area contributed by atoms with Gasteiger partial charge < -0.3 is 4.74 Å². The van der Waals surface area contributed by atoms with Crippen LogP contribution in [0.4, 0.5) is 4.39 Å². The molecule has 5 heteroatoms. The molecular formula is C24H20FNO3. The van der Waals surface area contributed by atoms with E-state index in [1.54, 1.807) is 43.5 Å². The fraction of sp³-hybridized carbons (Fsp3) is 0.167. The number of rotatable bonds is 6. The Morgan fingerprint density at radius 1 is 0.828 bits per heavy atom. The molecular weight excluding hydrogens is 369 g/mol. The third kappa shape index (κ3) is 3.63.